The number of nitrogens with zero attached hydrogens (tertiary/aromatic N) is 1. The van der Waals surface area contributed by atoms with Crippen molar-refractivity contribution in [2.24, 2.45) is 5.92 Å². The Kier molecular flexibility index (Phi) is 7.58. The van der Waals surface area contributed by atoms with Gasteiger partial charge in [0.25, 0.3) is 10.2 Å². The number of carbonyl (C=O) groups excluding carboxylic acids is 1. The van der Waals surface area contributed by atoms with Gasteiger partial charge in [-0.3, -0.25) is 4.79 Å². The lowest BCUT2D eigenvalue weighted by molar-refractivity contribution is -0.149. The average Bonchev–Trinajstić information content (AvgIpc) is 2.46. The van der Waals surface area contributed by atoms with Crippen LogP contribution in [0.4, 0.5) is 0 Å². The highest BCUT2D eigenvalue weighted by Crippen LogP contribution is 2.20. The molecule has 1 aliphatic heterocycles. The Labute approximate surface area is 126 Å². The van der Waals surface area contributed by atoms with Crippen molar-refractivity contribution < 1.29 is 23.1 Å². The number of piperidine rings is 1. The molecule has 1 heterocycles. The van der Waals surface area contributed by atoms with Crippen LogP contribution in [0.2, 0.25) is 0 Å². The Morgan fingerprint density at radius 2 is 2.00 bits per heavy atom. The lowest BCUT2D eigenvalue weighted by atomic mass is 9.98. The quantitative estimate of drug-likeness (QED) is 0.625. The summed E-state index contributed by atoms with van der Waals surface area (Å²) in [7, 11) is -3.59. The van der Waals surface area contributed by atoms with Crippen LogP contribution in [0.25, 0.3) is 0 Å². The van der Waals surface area contributed by atoms with E-state index < -0.39 is 16.3 Å². The minimum Gasteiger partial charge on any atom is -0.466 e. The normalized spacial score (nSPS) is 19.4. The third-order valence-electron chi connectivity index (χ3n) is 3.54. The van der Waals surface area contributed by atoms with Crippen LogP contribution in [-0.2, 0) is 19.7 Å². The van der Waals surface area contributed by atoms with Crippen molar-refractivity contribution in [3.8, 4) is 0 Å². The minimum atomic E-state index is -3.59. The molecule has 0 amide bonds. The maximum Gasteiger partial charge on any atom is 0.309 e. The Balaban J connectivity index is 2.43. The maximum atomic E-state index is 12.1. The van der Waals surface area contributed by atoms with Gasteiger partial charge in [0.1, 0.15) is 0 Å². The molecular weight excluding hydrogens is 296 g/mol. The number of aliphatic hydroxyl groups excluding tert-OH is 1. The second kappa shape index (κ2) is 8.67. The number of hydrogen-bond donors (Lipinski definition) is 2. The van der Waals surface area contributed by atoms with E-state index in [4.69, 9.17) is 4.74 Å². The van der Waals surface area contributed by atoms with Crippen molar-refractivity contribution in [2.45, 2.75) is 45.6 Å². The predicted molar refractivity (Wildman–Crippen MR) is 78.8 cm³/mol. The summed E-state index contributed by atoms with van der Waals surface area (Å²) in [6, 6.07) is 0. The summed E-state index contributed by atoms with van der Waals surface area (Å²) in [5.74, 6) is -0.469. The van der Waals surface area contributed by atoms with Gasteiger partial charge in [0, 0.05) is 19.6 Å². The van der Waals surface area contributed by atoms with Crippen LogP contribution in [-0.4, -0.2) is 56.1 Å². The van der Waals surface area contributed by atoms with Crippen LogP contribution < -0.4 is 4.72 Å². The second-order valence-corrected chi connectivity index (χ2v) is 6.98. The fourth-order valence-corrected chi connectivity index (χ4v) is 3.60. The summed E-state index contributed by atoms with van der Waals surface area (Å²) in [4.78, 5) is 11.6. The second-order valence-electron chi connectivity index (χ2n) is 5.22. The van der Waals surface area contributed by atoms with Gasteiger partial charge in [-0.15, -0.1) is 0 Å². The molecule has 1 unspecified atom stereocenters. The molecule has 8 heteroatoms. The van der Waals surface area contributed by atoms with E-state index >= 15 is 0 Å². The molecule has 21 heavy (non-hydrogen) atoms. The fraction of sp³-hybridized carbons (Fsp3) is 0.923. The van der Waals surface area contributed by atoms with E-state index in [0.717, 1.165) is 6.42 Å². The number of esters is 1. The van der Waals surface area contributed by atoms with Crippen LogP contribution in [0.3, 0.4) is 0 Å². The molecule has 0 aromatic heterocycles. The highest BCUT2D eigenvalue weighted by atomic mass is 32.2. The van der Waals surface area contributed by atoms with Crippen molar-refractivity contribution >= 4 is 16.2 Å². The first-order chi connectivity index (χ1) is 9.90. The van der Waals surface area contributed by atoms with Crippen molar-refractivity contribution in [1.29, 1.82) is 0 Å². The van der Waals surface area contributed by atoms with Gasteiger partial charge in [-0.2, -0.15) is 17.4 Å². The van der Waals surface area contributed by atoms with Gasteiger partial charge in [0.05, 0.1) is 18.6 Å². The average molecular weight is 322 g/mol. The summed E-state index contributed by atoms with van der Waals surface area (Å²) in [5.41, 5.74) is 0. The smallest absolute Gasteiger partial charge is 0.309 e. The van der Waals surface area contributed by atoms with Crippen LogP contribution in [0.1, 0.15) is 39.5 Å². The van der Waals surface area contributed by atoms with E-state index in [2.05, 4.69) is 4.72 Å². The van der Waals surface area contributed by atoms with E-state index in [1.165, 1.54) is 4.31 Å². The molecule has 0 aliphatic carbocycles. The molecular formula is C13H26N2O5S. The van der Waals surface area contributed by atoms with Crippen LogP contribution in [0.15, 0.2) is 0 Å². The molecule has 0 aromatic carbocycles. The Morgan fingerprint density at radius 3 is 2.52 bits per heavy atom. The zero-order chi connectivity index (χ0) is 15.9. The topological polar surface area (TPSA) is 95.9 Å². The molecule has 1 fully saturated rings. The van der Waals surface area contributed by atoms with Crippen molar-refractivity contribution in [1.82, 2.24) is 9.03 Å². The lowest BCUT2D eigenvalue weighted by Gasteiger charge is -2.30. The molecule has 1 saturated heterocycles. The lowest BCUT2D eigenvalue weighted by Crippen LogP contribution is -2.47. The van der Waals surface area contributed by atoms with Crippen molar-refractivity contribution in [2.75, 3.05) is 26.2 Å². The maximum absolute atomic E-state index is 12.1. The molecule has 0 bridgehead atoms. The number of ether oxygens (including phenoxy) is 1. The molecule has 0 saturated carbocycles. The molecule has 1 aliphatic rings. The summed E-state index contributed by atoms with van der Waals surface area (Å²) >= 11 is 0. The molecule has 2 N–H and O–H groups in total. The first-order valence-electron chi connectivity index (χ1n) is 7.50. The molecule has 124 valence electrons. The van der Waals surface area contributed by atoms with Crippen molar-refractivity contribution in [3.05, 3.63) is 0 Å². The van der Waals surface area contributed by atoms with Gasteiger partial charge in [-0.25, -0.2) is 0 Å². The Hall–Kier alpha value is -0.700. The SMILES string of the molecule is CCCC(O)CNS(=O)(=O)N1CCC(C(=O)OCC)CC1. The Bertz CT molecular complexity index is 418. The number of hydrogen-bond acceptors (Lipinski definition) is 5. The molecule has 0 radical (unpaired) electrons. The van der Waals surface area contributed by atoms with Crippen LogP contribution in [0.5, 0.6) is 0 Å². The van der Waals surface area contributed by atoms with E-state index in [-0.39, 0.29) is 18.4 Å². The fourth-order valence-electron chi connectivity index (χ4n) is 2.32. The first-order valence-corrected chi connectivity index (χ1v) is 8.94. The van der Waals surface area contributed by atoms with Gasteiger partial charge < -0.3 is 9.84 Å². The monoisotopic (exact) mass is 322 g/mol. The van der Waals surface area contributed by atoms with E-state index in [1.807, 2.05) is 6.92 Å². The largest absolute Gasteiger partial charge is 0.466 e. The van der Waals surface area contributed by atoms with Gasteiger partial charge >= 0.3 is 5.97 Å². The van der Waals surface area contributed by atoms with E-state index in [0.29, 0.717) is 39.0 Å². The summed E-state index contributed by atoms with van der Waals surface area (Å²) in [6.07, 6.45) is 1.64. The number of nitrogens with one attached hydrogen (secondary N) is 1. The highest BCUT2D eigenvalue weighted by Gasteiger charge is 2.31. The first kappa shape index (κ1) is 18.3. The van der Waals surface area contributed by atoms with Crippen LogP contribution >= 0.6 is 0 Å². The summed E-state index contributed by atoms with van der Waals surface area (Å²) < 4.78 is 32.9. The summed E-state index contributed by atoms with van der Waals surface area (Å²) in [5, 5.41) is 9.58. The minimum absolute atomic E-state index is 0.0218. The van der Waals surface area contributed by atoms with Crippen molar-refractivity contribution in [3.63, 3.8) is 0 Å². The third kappa shape index (κ3) is 5.90. The number of aliphatic hydroxyl groups is 1. The standard InChI is InChI=1S/C13H26N2O5S/c1-3-5-12(16)10-14-21(18,19)15-8-6-11(7-9-15)13(17)20-4-2/h11-12,14,16H,3-10H2,1-2H3. The molecule has 0 spiro atoms. The zero-order valence-electron chi connectivity index (χ0n) is 12.7. The zero-order valence-corrected chi connectivity index (χ0v) is 13.6. The third-order valence-corrected chi connectivity index (χ3v) is 5.11. The Morgan fingerprint density at radius 1 is 1.38 bits per heavy atom. The highest BCUT2D eigenvalue weighted by molar-refractivity contribution is 7.87. The summed E-state index contributed by atoms with van der Waals surface area (Å²) in [6.45, 7) is 4.63. The number of rotatable bonds is 8. The predicted octanol–water partition coefficient (Wildman–Crippen LogP) is 0.257. The van der Waals surface area contributed by atoms with Gasteiger partial charge in [0.15, 0.2) is 0 Å². The molecule has 0 aromatic rings. The van der Waals surface area contributed by atoms with Gasteiger partial charge in [-0.05, 0) is 26.2 Å². The van der Waals surface area contributed by atoms with Crippen LogP contribution in [0, 0.1) is 5.92 Å². The molecule has 7 nitrogen and oxygen atoms in total. The van der Waals surface area contributed by atoms with Gasteiger partial charge in [-0.1, -0.05) is 13.3 Å². The molecule has 1 atom stereocenters. The van der Waals surface area contributed by atoms with Gasteiger partial charge in [0.2, 0.25) is 0 Å². The van der Waals surface area contributed by atoms with E-state index in [9.17, 15) is 18.3 Å². The van der Waals surface area contributed by atoms with E-state index in [1.54, 1.807) is 6.92 Å². The number of carbonyl (C=O) groups is 1. The molecule has 1 rings (SSSR count).